The Morgan fingerprint density at radius 1 is 0.564 bits per heavy atom. The van der Waals surface area contributed by atoms with Crippen LogP contribution in [0, 0.1) is 54.3 Å². The molecule has 2 aliphatic rings. The fourth-order valence-corrected chi connectivity index (χ4v) is 6.38. The molecule has 0 spiro atoms. The molecule has 1 atom stereocenters. The second kappa shape index (κ2) is 37.2. The standard InChI is InChI=1S/C10H11F3O.C10H11NO.C10H14O.C9H10F2O.C7H11NO6S.C7H11NO3.2CH4.Na/c1-5(2)14-10-8(12)6(3)4-7(11)9(10)13;1-8(2)12-10-5-3-9(7-11)4-6-10;1-8(2)11-10-6-4-9(3)5-7-10;1-6(2)12-9-4-7(10)3-8(11)5-9;1-4(2)14-8-6(9)3-5(7(8)10)15(11,12)13;1-5(2)11-8-6(9)3-4-7(8)10;;;/h4-5H,1-3H3;3-6,8H,1-2H3;4-8H,1-3H3;3-6H,1-2H3;4-5H,3H2,1-2H3,(H,11,12,13);5H,3-4H2,1-2H3;2*1H4;/q;;;;;;;;+1/p-1. The second-order valence-electron chi connectivity index (χ2n) is 18.0. The Hall–Kier alpha value is -5.67. The van der Waals surface area contributed by atoms with Crippen molar-refractivity contribution in [2.75, 3.05) is 0 Å². The molecule has 4 amide bonds. The molecule has 2 fully saturated rings. The van der Waals surface area contributed by atoms with Crippen LogP contribution in [0.2, 0.25) is 0 Å². The molecule has 4 aromatic rings. The minimum absolute atomic E-state index is 0. The summed E-state index contributed by atoms with van der Waals surface area (Å²) in [5.41, 5.74) is 1.95. The van der Waals surface area contributed by atoms with Crippen LogP contribution < -0.4 is 48.5 Å². The SMILES string of the molecule is C.C.CC(C)ON1C(=O)CC(S(=O)(=O)[O-])C1=O.CC(C)ON1C(=O)CCC1=O.CC(C)Oc1cc(F)cc(F)c1.CC(C)Oc1ccc(C#N)cc1.Cc1cc(F)c(F)c(OC(C)C)c1F.Cc1ccc(OC(C)C)cc1.[Na+]. The number of carbonyl (C=O) groups is 4. The van der Waals surface area contributed by atoms with Gasteiger partial charge in [0.15, 0.2) is 17.4 Å². The smallest absolute Gasteiger partial charge is 0.747 e. The predicted octanol–water partition coefficient (Wildman–Crippen LogP) is 8.83. The quantitative estimate of drug-likeness (QED) is 0.0403. The zero-order chi connectivity index (χ0) is 57.5. The van der Waals surface area contributed by atoms with Crippen molar-refractivity contribution in [1.82, 2.24) is 10.1 Å². The van der Waals surface area contributed by atoms with Crippen LogP contribution in [0.4, 0.5) is 22.0 Å². The van der Waals surface area contributed by atoms with Crippen molar-refractivity contribution in [2.24, 2.45) is 0 Å². The molecule has 4 aromatic carbocycles. The van der Waals surface area contributed by atoms with Crippen molar-refractivity contribution in [3.63, 3.8) is 0 Å². The van der Waals surface area contributed by atoms with E-state index in [1.165, 1.54) is 12.5 Å². The van der Waals surface area contributed by atoms with Gasteiger partial charge in [-0.15, -0.1) is 0 Å². The molecule has 6 rings (SSSR count). The molecule has 430 valence electrons. The van der Waals surface area contributed by atoms with Gasteiger partial charge in [-0.2, -0.15) is 19.8 Å². The first kappa shape index (κ1) is 76.6. The van der Waals surface area contributed by atoms with Gasteiger partial charge in [0.05, 0.1) is 54.7 Å². The average Bonchev–Trinajstić information content (AvgIpc) is 3.76. The normalized spacial score (nSPS) is 13.5. The number of ether oxygens (including phenoxy) is 4. The first-order valence-electron chi connectivity index (χ1n) is 23.6. The molecule has 0 bridgehead atoms. The molecule has 0 N–H and O–H groups in total. The molecule has 16 nitrogen and oxygen atoms in total. The fraction of sp³-hybridized carbons (Fsp3) is 0.473. The number of hydroxylamine groups is 4. The van der Waals surface area contributed by atoms with E-state index >= 15 is 0 Å². The van der Waals surface area contributed by atoms with Gasteiger partial charge in [-0.3, -0.25) is 28.9 Å². The molecule has 2 aliphatic heterocycles. The molecule has 23 heteroatoms. The topological polar surface area (TPSA) is 211 Å². The molecule has 0 aliphatic carbocycles. The van der Waals surface area contributed by atoms with Crippen molar-refractivity contribution < 1.29 is 112 Å². The van der Waals surface area contributed by atoms with Gasteiger partial charge in [0.2, 0.25) is 5.82 Å². The number of imide groups is 2. The summed E-state index contributed by atoms with van der Waals surface area (Å²) in [4.78, 5) is 54.0. The van der Waals surface area contributed by atoms with Crippen LogP contribution >= 0.6 is 0 Å². The van der Waals surface area contributed by atoms with Gasteiger partial charge in [-0.1, -0.05) is 32.5 Å². The molecule has 78 heavy (non-hydrogen) atoms. The molecule has 0 saturated carbocycles. The van der Waals surface area contributed by atoms with E-state index in [9.17, 15) is 54.1 Å². The van der Waals surface area contributed by atoms with Gasteiger partial charge in [-0.25, -0.2) is 26.0 Å². The number of halogens is 5. The number of hydrogen-bond donors (Lipinski definition) is 0. The number of nitriles is 1. The van der Waals surface area contributed by atoms with E-state index in [2.05, 4.69) is 25.1 Å². The minimum Gasteiger partial charge on any atom is -0.747 e. The van der Waals surface area contributed by atoms with Gasteiger partial charge in [0, 0.05) is 31.0 Å². The molecule has 1 unspecified atom stereocenters. The summed E-state index contributed by atoms with van der Waals surface area (Å²) in [6, 6.07) is 21.2. The molecule has 0 aromatic heterocycles. The van der Waals surface area contributed by atoms with Crippen molar-refractivity contribution in [2.45, 2.75) is 173 Å². The zero-order valence-electron chi connectivity index (χ0n) is 45.5. The van der Waals surface area contributed by atoms with E-state index < -0.39 is 80.6 Å². The van der Waals surface area contributed by atoms with Gasteiger partial charge in [-0.05, 0) is 145 Å². The summed E-state index contributed by atoms with van der Waals surface area (Å²) >= 11 is 0. The summed E-state index contributed by atoms with van der Waals surface area (Å²) in [5.74, 6) is -5.50. The van der Waals surface area contributed by atoms with Gasteiger partial charge >= 0.3 is 29.6 Å². The van der Waals surface area contributed by atoms with E-state index in [1.54, 1.807) is 79.7 Å². The van der Waals surface area contributed by atoms with Crippen molar-refractivity contribution in [3.05, 3.63) is 119 Å². The van der Waals surface area contributed by atoms with Gasteiger partial charge in [0.25, 0.3) is 23.6 Å². The number of hydrogen-bond acceptors (Lipinski definition) is 14. The maximum absolute atomic E-state index is 13.3. The molecular formula is C55H75F5N3NaO13S. The van der Waals surface area contributed by atoms with E-state index in [0.717, 1.165) is 40.8 Å². The summed E-state index contributed by atoms with van der Waals surface area (Å²) in [5, 5.41) is 7.89. The van der Waals surface area contributed by atoms with Crippen LogP contribution in [0.3, 0.4) is 0 Å². The predicted molar refractivity (Wildman–Crippen MR) is 280 cm³/mol. The first-order chi connectivity index (χ1) is 34.7. The Kier molecular flexibility index (Phi) is 36.6. The third kappa shape index (κ3) is 29.3. The van der Waals surface area contributed by atoms with Crippen LogP contribution in [0.5, 0.6) is 23.0 Å². The van der Waals surface area contributed by atoms with Crippen LogP contribution in [0.15, 0.2) is 72.8 Å². The van der Waals surface area contributed by atoms with Gasteiger partial charge in [0.1, 0.15) is 44.3 Å². The Balaban J connectivity index is -0.000000862. The van der Waals surface area contributed by atoms with E-state index in [4.69, 9.17) is 33.9 Å². The van der Waals surface area contributed by atoms with E-state index in [0.29, 0.717) is 10.6 Å². The Labute approximate surface area is 479 Å². The largest absolute Gasteiger partial charge is 1.00 e. The Bertz CT molecular complexity index is 2570. The number of carbonyl (C=O) groups excluding carboxylic acids is 4. The summed E-state index contributed by atoms with van der Waals surface area (Å²) < 4.78 is 117. The van der Waals surface area contributed by atoms with Crippen LogP contribution in [-0.4, -0.2) is 88.6 Å². The second-order valence-corrected chi connectivity index (χ2v) is 19.5. The number of amides is 4. The monoisotopic (exact) mass is 1140 g/mol. The molecule has 0 radical (unpaired) electrons. The molecular weight excluding hydrogens is 1060 g/mol. The Morgan fingerprint density at radius 3 is 1.33 bits per heavy atom. The number of nitrogens with zero attached hydrogens (tertiary/aromatic N) is 3. The van der Waals surface area contributed by atoms with Crippen molar-refractivity contribution >= 4 is 33.7 Å². The number of rotatable bonds is 13. The van der Waals surface area contributed by atoms with Crippen LogP contribution in [-0.2, 0) is 39.0 Å². The molecule has 2 heterocycles. The summed E-state index contributed by atoms with van der Waals surface area (Å²) in [6.45, 7) is 24.9. The van der Waals surface area contributed by atoms with Crippen molar-refractivity contribution in [3.8, 4) is 29.1 Å². The molecule has 2 saturated heterocycles. The summed E-state index contributed by atoms with van der Waals surface area (Å²) in [6.07, 6.45) is -0.692. The van der Waals surface area contributed by atoms with Crippen molar-refractivity contribution in [1.29, 1.82) is 5.26 Å². The maximum atomic E-state index is 13.3. The summed E-state index contributed by atoms with van der Waals surface area (Å²) in [7, 11) is -4.80. The average molecular weight is 1140 g/mol. The van der Waals surface area contributed by atoms with Crippen LogP contribution in [0.1, 0.15) is 134 Å². The van der Waals surface area contributed by atoms with E-state index in [-0.39, 0.29) is 105 Å². The third-order valence-corrected chi connectivity index (χ3v) is 9.72. The number of benzene rings is 4. The minimum atomic E-state index is -4.80. The Morgan fingerprint density at radius 2 is 0.962 bits per heavy atom. The first-order valence-corrected chi connectivity index (χ1v) is 25.1. The van der Waals surface area contributed by atoms with Crippen LogP contribution in [0.25, 0.3) is 0 Å². The maximum Gasteiger partial charge on any atom is 1.00 e. The number of aryl methyl sites for hydroxylation is 2. The zero-order valence-corrected chi connectivity index (χ0v) is 48.4. The fourth-order valence-electron chi connectivity index (χ4n) is 5.69. The third-order valence-electron chi connectivity index (χ3n) is 8.66. The van der Waals surface area contributed by atoms with E-state index in [1.807, 2.05) is 39.8 Å². The van der Waals surface area contributed by atoms with Gasteiger partial charge < -0.3 is 23.5 Å².